The van der Waals surface area contributed by atoms with E-state index in [2.05, 4.69) is 22.0 Å². The lowest BCUT2D eigenvalue weighted by molar-refractivity contribution is 0.00578. The molecule has 114 valence electrons. The Kier molecular flexibility index (Phi) is 3.88. The van der Waals surface area contributed by atoms with Gasteiger partial charge >= 0.3 is 7.12 Å². The molecule has 2 aliphatic rings. The molecule has 2 nitrogen and oxygen atoms in total. The zero-order valence-corrected chi connectivity index (χ0v) is 15.1. The fourth-order valence-corrected chi connectivity index (χ4v) is 4.10. The molecule has 0 bridgehead atoms. The minimum atomic E-state index is -0.869. The Morgan fingerprint density at radius 2 is 1.95 bits per heavy atom. The molecule has 0 radical (unpaired) electrons. The molecule has 0 aromatic carbocycles. The Morgan fingerprint density at radius 1 is 1.33 bits per heavy atom. The molecule has 0 spiro atoms. The van der Waals surface area contributed by atoms with E-state index in [1.807, 2.05) is 33.8 Å². The van der Waals surface area contributed by atoms with Crippen LogP contribution in [0.15, 0.2) is 27.7 Å². The lowest BCUT2D eigenvalue weighted by atomic mass is 9.87. The summed E-state index contributed by atoms with van der Waals surface area (Å²) < 4.78 is 27.0. The minimum absolute atomic E-state index is 0.259. The molecule has 1 saturated heterocycles. The summed E-state index contributed by atoms with van der Waals surface area (Å²) in [6.07, 6.45) is 2.68. The molecule has 1 aliphatic carbocycles. The fraction of sp³-hybridized carbons (Fsp3) is 0.600. The maximum Gasteiger partial charge on any atom is 0.524 e. The Morgan fingerprint density at radius 3 is 2.48 bits per heavy atom. The van der Waals surface area contributed by atoms with Gasteiger partial charge in [-0.25, -0.2) is 4.39 Å². The van der Waals surface area contributed by atoms with Gasteiger partial charge in [-0.3, -0.25) is 0 Å². The largest absolute Gasteiger partial charge is 0.524 e. The summed E-state index contributed by atoms with van der Waals surface area (Å²) in [6, 6.07) is 4.16. The van der Waals surface area contributed by atoms with Crippen LogP contribution in [0.3, 0.4) is 0 Å². The molecule has 6 heteroatoms. The van der Waals surface area contributed by atoms with Crippen LogP contribution in [0.4, 0.5) is 4.39 Å². The van der Waals surface area contributed by atoms with Gasteiger partial charge in [0.15, 0.2) is 0 Å². The average Bonchev–Trinajstić information content (AvgIpc) is 2.91. The number of hydrogen-bond acceptors (Lipinski definition) is 3. The summed E-state index contributed by atoms with van der Waals surface area (Å²) in [5, 5.41) is 0. The maximum absolute atomic E-state index is 14.4. The molecule has 2 fully saturated rings. The Hall–Kier alpha value is -0.165. The van der Waals surface area contributed by atoms with Crippen LogP contribution in [-0.4, -0.2) is 18.3 Å². The first-order chi connectivity index (χ1) is 9.69. The molecule has 1 saturated carbocycles. The van der Waals surface area contributed by atoms with Crippen molar-refractivity contribution >= 4 is 34.4 Å². The van der Waals surface area contributed by atoms with Crippen LogP contribution in [0.2, 0.25) is 0 Å². The summed E-state index contributed by atoms with van der Waals surface area (Å²) in [6.45, 7) is 7.74. The van der Waals surface area contributed by atoms with Gasteiger partial charge in [-0.15, -0.1) is 11.3 Å². The zero-order chi connectivity index (χ0) is 15.4. The minimum Gasteiger partial charge on any atom is -0.398 e. The van der Waals surface area contributed by atoms with Crippen molar-refractivity contribution < 1.29 is 13.7 Å². The monoisotopic (exact) mass is 372 g/mol. The van der Waals surface area contributed by atoms with Gasteiger partial charge in [-0.05, 0) is 68.1 Å². The smallest absolute Gasteiger partial charge is 0.398 e. The molecule has 3 rings (SSSR count). The Labute approximate surface area is 138 Å². The van der Waals surface area contributed by atoms with Gasteiger partial charge in [-0.2, -0.15) is 0 Å². The molecule has 1 aromatic heterocycles. The highest BCUT2D eigenvalue weighted by atomic mass is 79.9. The highest BCUT2D eigenvalue weighted by Crippen LogP contribution is 2.52. The summed E-state index contributed by atoms with van der Waals surface area (Å²) in [5.41, 5.74) is -1.29. The summed E-state index contributed by atoms with van der Waals surface area (Å²) >= 11 is 5.19. The van der Waals surface area contributed by atoms with Gasteiger partial charge in [0.05, 0.1) is 15.0 Å². The highest BCUT2D eigenvalue weighted by molar-refractivity contribution is 9.11. The van der Waals surface area contributed by atoms with Crippen molar-refractivity contribution in [3.05, 3.63) is 32.6 Å². The standard InChI is InChI=1S/C15H19BBrFO2S/c1-14(2)15(3,4)20-16(19-14)12(18)8-9-7-10(9)11-5-6-13(17)21-11/h5-6,8-10H,7H2,1-4H3. The first-order valence-electron chi connectivity index (χ1n) is 7.18. The molecule has 1 aliphatic heterocycles. The fourth-order valence-electron chi connectivity index (χ4n) is 2.49. The van der Waals surface area contributed by atoms with E-state index in [1.54, 1.807) is 17.4 Å². The van der Waals surface area contributed by atoms with E-state index in [-0.39, 0.29) is 11.6 Å². The molecule has 0 amide bonds. The lowest BCUT2D eigenvalue weighted by Gasteiger charge is -2.32. The molecule has 1 aromatic rings. The number of halogens is 2. The van der Waals surface area contributed by atoms with E-state index < -0.39 is 18.3 Å². The van der Waals surface area contributed by atoms with Crippen LogP contribution in [0.5, 0.6) is 0 Å². The number of thiophene rings is 1. The predicted octanol–water partition coefficient (Wildman–Crippen LogP) is 5.10. The van der Waals surface area contributed by atoms with Crippen molar-refractivity contribution in [1.82, 2.24) is 0 Å². The van der Waals surface area contributed by atoms with Crippen LogP contribution >= 0.6 is 27.3 Å². The molecular formula is C15H19BBrFO2S. The molecule has 0 N–H and O–H groups in total. The first kappa shape index (κ1) is 15.7. The van der Waals surface area contributed by atoms with E-state index in [0.29, 0.717) is 5.92 Å². The Balaban J connectivity index is 1.66. The zero-order valence-electron chi connectivity index (χ0n) is 12.7. The van der Waals surface area contributed by atoms with E-state index in [0.717, 1.165) is 10.2 Å². The summed E-state index contributed by atoms with van der Waals surface area (Å²) in [7, 11) is -0.869. The molecule has 2 atom stereocenters. The molecule has 21 heavy (non-hydrogen) atoms. The third-order valence-corrected chi connectivity index (χ3v) is 6.41. The molecule has 2 heterocycles. The average molecular weight is 373 g/mol. The van der Waals surface area contributed by atoms with Crippen LogP contribution in [-0.2, 0) is 9.31 Å². The second-order valence-corrected chi connectivity index (χ2v) is 9.28. The van der Waals surface area contributed by atoms with Crippen LogP contribution < -0.4 is 0 Å². The summed E-state index contributed by atoms with van der Waals surface area (Å²) in [5.74, 6) is 0.698. The van der Waals surface area contributed by atoms with E-state index in [4.69, 9.17) is 9.31 Å². The topological polar surface area (TPSA) is 18.5 Å². The lowest BCUT2D eigenvalue weighted by Crippen LogP contribution is -2.41. The van der Waals surface area contributed by atoms with E-state index >= 15 is 0 Å². The highest BCUT2D eigenvalue weighted by Gasteiger charge is 2.53. The Bertz CT molecular complexity index is 568. The second-order valence-electron chi connectivity index (χ2n) is 6.79. The third-order valence-electron chi connectivity index (χ3n) is 4.65. The van der Waals surface area contributed by atoms with Crippen LogP contribution in [0.1, 0.15) is 44.9 Å². The van der Waals surface area contributed by atoms with Crippen molar-refractivity contribution in [3.63, 3.8) is 0 Å². The normalized spacial score (nSPS) is 30.8. The van der Waals surface area contributed by atoms with Crippen LogP contribution in [0, 0.1) is 5.92 Å². The summed E-state index contributed by atoms with van der Waals surface area (Å²) in [4.78, 5) is 1.31. The van der Waals surface area contributed by atoms with Gasteiger partial charge in [0.2, 0.25) is 0 Å². The number of hydrogen-bond donors (Lipinski definition) is 0. The van der Waals surface area contributed by atoms with Gasteiger partial charge in [-0.1, -0.05) is 6.08 Å². The van der Waals surface area contributed by atoms with Gasteiger partial charge in [0.25, 0.3) is 0 Å². The van der Waals surface area contributed by atoms with E-state index in [1.165, 1.54) is 4.88 Å². The maximum atomic E-state index is 14.4. The van der Waals surface area contributed by atoms with E-state index in [9.17, 15) is 4.39 Å². The van der Waals surface area contributed by atoms with Crippen molar-refractivity contribution in [2.45, 2.75) is 51.2 Å². The molecule has 2 unspecified atom stereocenters. The van der Waals surface area contributed by atoms with Crippen molar-refractivity contribution in [3.8, 4) is 0 Å². The predicted molar refractivity (Wildman–Crippen MR) is 88.1 cm³/mol. The quantitative estimate of drug-likeness (QED) is 0.687. The van der Waals surface area contributed by atoms with Gasteiger partial charge in [0.1, 0.15) is 5.73 Å². The van der Waals surface area contributed by atoms with Crippen LogP contribution in [0.25, 0.3) is 0 Å². The SMILES string of the molecule is CC1(C)OB(C(F)=CC2CC2c2ccc(Br)s2)OC1(C)C. The second kappa shape index (κ2) is 5.19. The van der Waals surface area contributed by atoms with Crippen molar-refractivity contribution in [1.29, 1.82) is 0 Å². The number of rotatable bonds is 3. The van der Waals surface area contributed by atoms with Gasteiger partial charge in [0, 0.05) is 10.8 Å². The molecular weight excluding hydrogens is 354 g/mol. The first-order valence-corrected chi connectivity index (χ1v) is 8.79. The number of allylic oxidation sites excluding steroid dienone is 1. The van der Waals surface area contributed by atoms with Crippen molar-refractivity contribution in [2.75, 3.05) is 0 Å². The third kappa shape index (κ3) is 3.00. The van der Waals surface area contributed by atoms with Crippen molar-refractivity contribution in [2.24, 2.45) is 5.92 Å². The van der Waals surface area contributed by atoms with Gasteiger partial charge < -0.3 is 9.31 Å².